The second-order valence-electron chi connectivity index (χ2n) is 5.15. The third kappa shape index (κ3) is 4.01. The van der Waals surface area contributed by atoms with E-state index < -0.39 is 0 Å². The zero-order valence-corrected chi connectivity index (χ0v) is 12.2. The molecule has 2 heterocycles. The van der Waals surface area contributed by atoms with E-state index in [4.69, 9.17) is 4.74 Å². The molecule has 112 valence electrons. The van der Waals surface area contributed by atoms with Crippen LogP contribution >= 0.6 is 0 Å². The Balaban J connectivity index is 1.85. The summed E-state index contributed by atoms with van der Waals surface area (Å²) in [7, 11) is 1.66. The Hall–Kier alpha value is -1.47. The minimum absolute atomic E-state index is 0.0423. The van der Waals surface area contributed by atoms with Gasteiger partial charge >= 0.3 is 0 Å². The first-order chi connectivity index (χ1) is 9.70. The molecule has 1 fully saturated rings. The van der Waals surface area contributed by atoms with E-state index in [9.17, 15) is 4.79 Å². The van der Waals surface area contributed by atoms with Gasteiger partial charge in [0.2, 0.25) is 5.91 Å². The van der Waals surface area contributed by atoms with Gasteiger partial charge in [0.1, 0.15) is 6.33 Å². The van der Waals surface area contributed by atoms with Crippen molar-refractivity contribution < 1.29 is 9.53 Å². The Labute approximate surface area is 119 Å². The lowest BCUT2D eigenvalue weighted by Gasteiger charge is -2.18. The number of ether oxygens (including phenoxy) is 1. The second kappa shape index (κ2) is 7.35. The summed E-state index contributed by atoms with van der Waals surface area (Å²) in [5.41, 5.74) is 0. The minimum atomic E-state index is -0.149. The molecule has 0 spiro atoms. The van der Waals surface area contributed by atoms with Crippen LogP contribution in [0.3, 0.4) is 0 Å². The number of methoxy groups -OCH3 is 1. The van der Waals surface area contributed by atoms with Crippen molar-refractivity contribution in [1.29, 1.82) is 0 Å². The molecular formula is C13H23N5O2. The van der Waals surface area contributed by atoms with Crippen molar-refractivity contribution in [2.75, 3.05) is 33.4 Å². The summed E-state index contributed by atoms with van der Waals surface area (Å²) in [5.74, 6) is 0.803. The zero-order chi connectivity index (χ0) is 14.4. The van der Waals surface area contributed by atoms with Crippen molar-refractivity contribution in [2.24, 2.45) is 0 Å². The highest BCUT2D eigenvalue weighted by Crippen LogP contribution is 2.10. The molecule has 1 aliphatic rings. The van der Waals surface area contributed by atoms with Crippen LogP contribution in [0.4, 0.5) is 0 Å². The lowest BCUT2D eigenvalue weighted by molar-refractivity contribution is -0.122. The molecule has 0 aromatic carbocycles. The van der Waals surface area contributed by atoms with Crippen LogP contribution in [-0.4, -0.2) is 58.9 Å². The molecule has 0 radical (unpaired) electrons. The fourth-order valence-corrected chi connectivity index (χ4v) is 2.46. The molecule has 20 heavy (non-hydrogen) atoms. The summed E-state index contributed by atoms with van der Waals surface area (Å²) in [6, 6.07) is -0.149. The smallest absolute Gasteiger partial charge is 0.234 e. The second-order valence-corrected chi connectivity index (χ2v) is 5.15. The van der Waals surface area contributed by atoms with Gasteiger partial charge in [-0.15, -0.1) is 10.2 Å². The van der Waals surface area contributed by atoms with Crippen LogP contribution in [0.25, 0.3) is 0 Å². The standard InChI is InChI=1S/C13H23N5O2/c1-11(13-16-14-10-18(13)7-8-20-2)15-12(19)9-17-5-3-4-6-17/h10-11H,3-9H2,1-2H3,(H,15,19). The molecule has 1 aliphatic heterocycles. The topological polar surface area (TPSA) is 72.3 Å². The van der Waals surface area contributed by atoms with Crippen LogP contribution in [0.5, 0.6) is 0 Å². The van der Waals surface area contributed by atoms with E-state index in [2.05, 4.69) is 20.4 Å². The summed E-state index contributed by atoms with van der Waals surface area (Å²) in [4.78, 5) is 14.2. The molecule has 1 amide bonds. The highest BCUT2D eigenvalue weighted by atomic mass is 16.5. The predicted octanol–water partition coefficient (Wildman–Crippen LogP) is 0.198. The molecule has 7 nitrogen and oxygen atoms in total. The van der Waals surface area contributed by atoms with Gasteiger partial charge in [-0.05, 0) is 32.9 Å². The van der Waals surface area contributed by atoms with Crippen molar-refractivity contribution in [2.45, 2.75) is 32.4 Å². The maximum absolute atomic E-state index is 12.0. The lowest BCUT2D eigenvalue weighted by Crippen LogP contribution is -2.37. The van der Waals surface area contributed by atoms with Gasteiger partial charge in [0, 0.05) is 13.7 Å². The molecule has 1 saturated heterocycles. The number of likely N-dealkylation sites (tertiary alicyclic amines) is 1. The van der Waals surface area contributed by atoms with Gasteiger partial charge in [-0.3, -0.25) is 9.69 Å². The van der Waals surface area contributed by atoms with Crippen LogP contribution < -0.4 is 5.32 Å². The Bertz CT molecular complexity index is 428. The van der Waals surface area contributed by atoms with Crippen molar-refractivity contribution in [3.8, 4) is 0 Å². The Morgan fingerprint density at radius 2 is 2.25 bits per heavy atom. The fraction of sp³-hybridized carbons (Fsp3) is 0.769. The lowest BCUT2D eigenvalue weighted by atomic mass is 10.3. The van der Waals surface area contributed by atoms with Crippen molar-refractivity contribution >= 4 is 5.91 Å². The quantitative estimate of drug-likeness (QED) is 0.773. The first-order valence-electron chi connectivity index (χ1n) is 7.09. The largest absolute Gasteiger partial charge is 0.383 e. The van der Waals surface area contributed by atoms with E-state index in [0.717, 1.165) is 18.9 Å². The van der Waals surface area contributed by atoms with E-state index >= 15 is 0 Å². The van der Waals surface area contributed by atoms with Crippen molar-refractivity contribution in [1.82, 2.24) is 25.0 Å². The molecule has 0 bridgehead atoms. The summed E-state index contributed by atoms with van der Waals surface area (Å²) in [6.07, 6.45) is 4.04. The summed E-state index contributed by atoms with van der Waals surface area (Å²) in [6.45, 7) is 5.72. The SMILES string of the molecule is COCCn1cnnc1C(C)NC(=O)CN1CCCC1. The van der Waals surface area contributed by atoms with E-state index in [0.29, 0.717) is 19.7 Å². The van der Waals surface area contributed by atoms with E-state index in [-0.39, 0.29) is 11.9 Å². The first-order valence-corrected chi connectivity index (χ1v) is 7.09. The number of carbonyl (C=O) groups is 1. The predicted molar refractivity (Wildman–Crippen MR) is 74.1 cm³/mol. The zero-order valence-electron chi connectivity index (χ0n) is 12.2. The maximum Gasteiger partial charge on any atom is 0.234 e. The molecule has 0 saturated carbocycles. The number of nitrogens with zero attached hydrogens (tertiary/aromatic N) is 4. The fourth-order valence-electron chi connectivity index (χ4n) is 2.46. The highest BCUT2D eigenvalue weighted by molar-refractivity contribution is 5.78. The van der Waals surface area contributed by atoms with Gasteiger partial charge in [0.05, 0.1) is 19.2 Å². The summed E-state index contributed by atoms with van der Waals surface area (Å²) >= 11 is 0. The molecule has 0 aliphatic carbocycles. The number of hydrogen-bond donors (Lipinski definition) is 1. The van der Waals surface area contributed by atoms with Crippen LogP contribution in [0.1, 0.15) is 31.6 Å². The summed E-state index contributed by atoms with van der Waals surface area (Å²) < 4.78 is 6.96. The molecule has 1 aromatic rings. The molecule has 1 N–H and O–H groups in total. The number of aromatic nitrogens is 3. The van der Waals surface area contributed by atoms with Gasteiger partial charge in [0.15, 0.2) is 5.82 Å². The summed E-state index contributed by atoms with van der Waals surface area (Å²) in [5, 5.41) is 11.0. The highest BCUT2D eigenvalue weighted by Gasteiger charge is 2.19. The number of rotatable bonds is 7. The van der Waals surface area contributed by atoms with Crippen LogP contribution in [0.2, 0.25) is 0 Å². The Kier molecular flexibility index (Phi) is 5.49. The van der Waals surface area contributed by atoms with E-state index in [1.165, 1.54) is 12.8 Å². The van der Waals surface area contributed by atoms with Gasteiger partial charge < -0.3 is 14.6 Å². The normalized spacial score (nSPS) is 17.3. The number of carbonyl (C=O) groups excluding carboxylic acids is 1. The molecule has 1 unspecified atom stereocenters. The van der Waals surface area contributed by atoms with Crippen molar-refractivity contribution in [3.05, 3.63) is 12.2 Å². The van der Waals surface area contributed by atoms with Gasteiger partial charge in [-0.1, -0.05) is 0 Å². The van der Waals surface area contributed by atoms with Gasteiger partial charge in [0.25, 0.3) is 0 Å². The van der Waals surface area contributed by atoms with E-state index in [1.807, 2.05) is 11.5 Å². The Morgan fingerprint density at radius 1 is 1.50 bits per heavy atom. The van der Waals surface area contributed by atoms with Gasteiger partial charge in [-0.2, -0.15) is 0 Å². The average Bonchev–Trinajstić information content (AvgIpc) is 3.06. The van der Waals surface area contributed by atoms with E-state index in [1.54, 1.807) is 13.4 Å². The van der Waals surface area contributed by atoms with Crippen LogP contribution in [-0.2, 0) is 16.1 Å². The number of amides is 1. The third-order valence-corrected chi connectivity index (χ3v) is 3.51. The van der Waals surface area contributed by atoms with Crippen molar-refractivity contribution in [3.63, 3.8) is 0 Å². The third-order valence-electron chi connectivity index (χ3n) is 3.51. The molecule has 2 rings (SSSR count). The first kappa shape index (κ1) is 14.9. The number of hydrogen-bond acceptors (Lipinski definition) is 5. The van der Waals surface area contributed by atoms with Crippen LogP contribution in [0.15, 0.2) is 6.33 Å². The monoisotopic (exact) mass is 281 g/mol. The molecular weight excluding hydrogens is 258 g/mol. The Morgan fingerprint density at radius 3 is 2.95 bits per heavy atom. The minimum Gasteiger partial charge on any atom is -0.383 e. The maximum atomic E-state index is 12.0. The number of nitrogens with one attached hydrogen (secondary N) is 1. The van der Waals surface area contributed by atoms with Gasteiger partial charge in [-0.25, -0.2) is 0 Å². The molecule has 1 atom stereocenters. The molecule has 1 aromatic heterocycles. The average molecular weight is 281 g/mol. The van der Waals surface area contributed by atoms with Crippen LogP contribution in [0, 0.1) is 0 Å². The molecule has 7 heteroatoms.